The molecule has 16 heavy (non-hydrogen) atoms. The average Bonchev–Trinajstić information content (AvgIpc) is 2.30. The van der Waals surface area contributed by atoms with Crippen molar-refractivity contribution in [1.29, 1.82) is 0 Å². The van der Waals surface area contributed by atoms with Crippen LogP contribution in [0.1, 0.15) is 17.3 Å². The van der Waals surface area contributed by atoms with Crippen molar-refractivity contribution in [3.8, 4) is 11.1 Å². The van der Waals surface area contributed by atoms with Gasteiger partial charge < -0.3 is 0 Å². The van der Waals surface area contributed by atoms with Crippen molar-refractivity contribution in [2.45, 2.75) is 11.8 Å². The lowest BCUT2D eigenvalue weighted by Crippen LogP contribution is -1.86. The molecule has 2 aromatic rings. The molecule has 2 rings (SSSR count). The van der Waals surface area contributed by atoms with Crippen molar-refractivity contribution < 1.29 is 4.39 Å². The summed E-state index contributed by atoms with van der Waals surface area (Å²) in [7, 11) is 0. The summed E-state index contributed by atoms with van der Waals surface area (Å²) in [5.74, 6) is -0.179. The molecule has 0 amide bonds. The van der Waals surface area contributed by atoms with Crippen molar-refractivity contribution >= 4 is 15.9 Å². The van der Waals surface area contributed by atoms with Gasteiger partial charge in [-0.3, -0.25) is 0 Å². The first-order valence-electron chi connectivity index (χ1n) is 5.17. The van der Waals surface area contributed by atoms with Crippen LogP contribution in [0.5, 0.6) is 0 Å². The molecule has 0 heterocycles. The molecule has 2 heteroatoms. The Balaban J connectivity index is 2.39. The summed E-state index contributed by atoms with van der Waals surface area (Å²) in [6.07, 6.45) is 0. The fourth-order valence-electron chi connectivity index (χ4n) is 1.62. The van der Waals surface area contributed by atoms with Gasteiger partial charge in [0.05, 0.1) is 0 Å². The van der Waals surface area contributed by atoms with Crippen LogP contribution in [0.15, 0.2) is 48.5 Å². The van der Waals surface area contributed by atoms with Crippen LogP contribution < -0.4 is 0 Å². The highest BCUT2D eigenvalue weighted by Crippen LogP contribution is 2.26. The van der Waals surface area contributed by atoms with Gasteiger partial charge in [0.15, 0.2) is 0 Å². The smallest absolute Gasteiger partial charge is 0.131 e. The largest absolute Gasteiger partial charge is 0.206 e. The molecule has 0 nitrogen and oxygen atoms in total. The lowest BCUT2D eigenvalue weighted by molar-refractivity contribution is 0.631. The number of benzene rings is 2. The molecular formula is C14H12BrF. The average molecular weight is 279 g/mol. The van der Waals surface area contributed by atoms with Crippen molar-refractivity contribution in [2.24, 2.45) is 0 Å². The van der Waals surface area contributed by atoms with E-state index in [1.165, 1.54) is 11.6 Å². The Bertz CT molecular complexity index is 474. The fourth-order valence-corrected chi connectivity index (χ4v) is 1.93. The predicted molar refractivity (Wildman–Crippen MR) is 69.2 cm³/mol. The minimum atomic E-state index is -0.179. The lowest BCUT2D eigenvalue weighted by Gasteiger charge is -2.06. The summed E-state index contributed by atoms with van der Waals surface area (Å²) in [5, 5.41) is 0. The molecule has 2 aromatic carbocycles. The lowest BCUT2D eigenvalue weighted by atomic mass is 10.0. The molecule has 0 aliphatic heterocycles. The Hall–Kier alpha value is -1.15. The van der Waals surface area contributed by atoms with Crippen molar-refractivity contribution in [1.82, 2.24) is 0 Å². The zero-order valence-electron chi connectivity index (χ0n) is 8.95. The predicted octanol–water partition coefficient (Wildman–Crippen LogP) is 4.95. The van der Waals surface area contributed by atoms with Gasteiger partial charge in [-0.05, 0) is 24.1 Å². The van der Waals surface area contributed by atoms with Crippen LogP contribution in [-0.4, -0.2) is 0 Å². The second-order valence-corrected chi connectivity index (χ2v) is 5.09. The minimum Gasteiger partial charge on any atom is -0.206 e. The highest BCUT2D eigenvalue weighted by atomic mass is 79.9. The van der Waals surface area contributed by atoms with Crippen LogP contribution >= 0.6 is 15.9 Å². The molecular weight excluding hydrogens is 267 g/mol. The third-order valence-electron chi connectivity index (χ3n) is 2.55. The first-order valence-corrected chi connectivity index (χ1v) is 6.09. The maximum absolute atomic E-state index is 13.5. The third-order valence-corrected chi connectivity index (χ3v) is 3.08. The molecule has 0 aromatic heterocycles. The number of halogens is 2. The van der Waals surface area contributed by atoms with E-state index in [2.05, 4.69) is 22.9 Å². The Morgan fingerprint density at radius 2 is 1.62 bits per heavy atom. The topological polar surface area (TPSA) is 0 Å². The standard InChI is InChI=1S/C14H12BrF/c1-10(15)11-6-8-12(9-7-11)13-4-2-3-5-14(13)16/h2-10H,1H3. The summed E-state index contributed by atoms with van der Waals surface area (Å²) >= 11 is 3.50. The van der Waals surface area contributed by atoms with Gasteiger partial charge in [-0.1, -0.05) is 58.4 Å². The second-order valence-electron chi connectivity index (χ2n) is 3.72. The van der Waals surface area contributed by atoms with E-state index in [1.54, 1.807) is 12.1 Å². The summed E-state index contributed by atoms with van der Waals surface area (Å²) in [5.41, 5.74) is 2.76. The SMILES string of the molecule is CC(Br)c1ccc(-c2ccccc2F)cc1. The van der Waals surface area contributed by atoms with E-state index in [4.69, 9.17) is 0 Å². The first kappa shape index (κ1) is 11.3. The molecule has 0 saturated carbocycles. The van der Waals surface area contributed by atoms with E-state index in [0.29, 0.717) is 10.4 Å². The Kier molecular flexibility index (Phi) is 3.39. The molecule has 0 saturated heterocycles. The van der Waals surface area contributed by atoms with Gasteiger partial charge in [0.25, 0.3) is 0 Å². The molecule has 0 N–H and O–H groups in total. The van der Waals surface area contributed by atoms with E-state index in [1.807, 2.05) is 30.3 Å². The number of alkyl halides is 1. The summed E-state index contributed by atoms with van der Waals surface area (Å²) in [4.78, 5) is 0.321. The molecule has 82 valence electrons. The number of hydrogen-bond acceptors (Lipinski definition) is 0. The van der Waals surface area contributed by atoms with Crippen LogP contribution in [0.4, 0.5) is 4.39 Å². The minimum absolute atomic E-state index is 0.179. The van der Waals surface area contributed by atoms with Gasteiger partial charge in [-0.25, -0.2) is 4.39 Å². The van der Waals surface area contributed by atoms with Gasteiger partial charge in [0.1, 0.15) is 5.82 Å². The van der Waals surface area contributed by atoms with Gasteiger partial charge in [-0.2, -0.15) is 0 Å². The summed E-state index contributed by atoms with van der Waals surface area (Å²) in [6, 6.07) is 14.8. The first-order chi connectivity index (χ1) is 7.68. The maximum atomic E-state index is 13.5. The van der Waals surface area contributed by atoms with Crippen LogP contribution in [0.3, 0.4) is 0 Å². The molecule has 0 aliphatic carbocycles. The van der Waals surface area contributed by atoms with Crippen molar-refractivity contribution in [3.63, 3.8) is 0 Å². The highest BCUT2D eigenvalue weighted by molar-refractivity contribution is 9.09. The van der Waals surface area contributed by atoms with Gasteiger partial charge in [0, 0.05) is 10.4 Å². The van der Waals surface area contributed by atoms with Gasteiger partial charge in [0.2, 0.25) is 0 Å². The molecule has 0 fully saturated rings. The molecule has 0 aliphatic rings. The van der Waals surface area contributed by atoms with E-state index >= 15 is 0 Å². The number of hydrogen-bond donors (Lipinski definition) is 0. The third kappa shape index (κ3) is 2.33. The van der Waals surface area contributed by atoms with E-state index < -0.39 is 0 Å². The Morgan fingerprint density at radius 1 is 1.00 bits per heavy atom. The summed E-state index contributed by atoms with van der Waals surface area (Å²) in [6.45, 7) is 2.07. The zero-order valence-corrected chi connectivity index (χ0v) is 10.5. The van der Waals surface area contributed by atoms with Crippen LogP contribution in [0.25, 0.3) is 11.1 Å². The van der Waals surface area contributed by atoms with Crippen LogP contribution in [0.2, 0.25) is 0 Å². The Labute approximate surface area is 103 Å². The quantitative estimate of drug-likeness (QED) is 0.682. The molecule has 0 radical (unpaired) electrons. The van der Waals surface area contributed by atoms with Crippen LogP contribution in [0, 0.1) is 5.82 Å². The Morgan fingerprint density at radius 3 is 2.19 bits per heavy atom. The van der Waals surface area contributed by atoms with Gasteiger partial charge >= 0.3 is 0 Å². The monoisotopic (exact) mass is 278 g/mol. The van der Waals surface area contributed by atoms with E-state index in [9.17, 15) is 4.39 Å². The normalized spacial score (nSPS) is 12.4. The van der Waals surface area contributed by atoms with Crippen LogP contribution in [-0.2, 0) is 0 Å². The van der Waals surface area contributed by atoms with Gasteiger partial charge in [-0.15, -0.1) is 0 Å². The molecule has 1 atom stereocenters. The molecule has 0 bridgehead atoms. The van der Waals surface area contributed by atoms with E-state index in [0.717, 1.165) is 5.56 Å². The molecule has 1 unspecified atom stereocenters. The van der Waals surface area contributed by atoms with Crippen molar-refractivity contribution in [3.05, 3.63) is 59.9 Å². The highest BCUT2D eigenvalue weighted by Gasteiger charge is 2.05. The fraction of sp³-hybridized carbons (Fsp3) is 0.143. The molecule has 0 spiro atoms. The number of rotatable bonds is 2. The maximum Gasteiger partial charge on any atom is 0.131 e. The second kappa shape index (κ2) is 4.79. The van der Waals surface area contributed by atoms with Crippen molar-refractivity contribution in [2.75, 3.05) is 0 Å². The van der Waals surface area contributed by atoms with E-state index in [-0.39, 0.29) is 5.82 Å². The zero-order chi connectivity index (χ0) is 11.5. The summed E-state index contributed by atoms with van der Waals surface area (Å²) < 4.78 is 13.5.